The highest BCUT2D eigenvalue weighted by Gasteiger charge is 1.99. The lowest BCUT2D eigenvalue weighted by Gasteiger charge is -2.04. The van der Waals surface area contributed by atoms with Crippen molar-refractivity contribution in [2.45, 2.75) is 12.8 Å². The second-order valence-electron chi connectivity index (χ2n) is 3.41. The quantitative estimate of drug-likeness (QED) is 0.765. The summed E-state index contributed by atoms with van der Waals surface area (Å²) >= 11 is 5.61. The van der Waals surface area contributed by atoms with Crippen molar-refractivity contribution >= 4 is 11.6 Å². The summed E-state index contributed by atoms with van der Waals surface area (Å²) in [7, 11) is 0. The van der Waals surface area contributed by atoms with Gasteiger partial charge in [-0.05, 0) is 25.1 Å². The molecule has 2 aromatic rings. The number of aromatic nitrogens is 2. The number of ether oxygens (including phenoxy) is 1. The first kappa shape index (κ1) is 10.9. The minimum atomic E-state index is 0.359. The molecule has 0 aliphatic heterocycles. The molecule has 82 valence electrons. The lowest BCUT2D eigenvalue weighted by Crippen LogP contribution is -1.93. The minimum Gasteiger partial charge on any atom is -0.438 e. The Bertz CT molecular complexity index is 453. The Balaban J connectivity index is 2.11. The second-order valence-corrected chi connectivity index (χ2v) is 3.68. The number of alkyl halides is 1. The molecular weight excluding hydrogens is 224 g/mol. The van der Waals surface area contributed by atoms with Gasteiger partial charge in [0.15, 0.2) is 0 Å². The number of halogens is 1. The van der Waals surface area contributed by atoms with Gasteiger partial charge in [-0.15, -0.1) is 16.7 Å². The van der Waals surface area contributed by atoms with Crippen molar-refractivity contribution in [3.63, 3.8) is 0 Å². The molecule has 1 aromatic carbocycles. The molecule has 0 fully saturated rings. The van der Waals surface area contributed by atoms with Crippen LogP contribution in [0.15, 0.2) is 36.4 Å². The molecule has 0 N–H and O–H groups in total. The van der Waals surface area contributed by atoms with Gasteiger partial charge in [0.25, 0.3) is 0 Å². The van der Waals surface area contributed by atoms with E-state index in [0.717, 1.165) is 11.4 Å². The molecule has 1 aromatic heterocycles. The van der Waals surface area contributed by atoms with Crippen molar-refractivity contribution in [1.29, 1.82) is 0 Å². The van der Waals surface area contributed by atoms with Crippen LogP contribution in [0.25, 0.3) is 0 Å². The molecular formula is C12H11ClN2O. The monoisotopic (exact) mass is 234 g/mol. The maximum atomic E-state index is 5.61. The Morgan fingerprint density at radius 3 is 2.38 bits per heavy atom. The highest BCUT2D eigenvalue weighted by atomic mass is 35.5. The van der Waals surface area contributed by atoms with Crippen molar-refractivity contribution in [3.8, 4) is 11.6 Å². The number of hydrogen-bond donors (Lipinski definition) is 0. The molecule has 3 nitrogen and oxygen atoms in total. The number of aryl methyl sites for hydroxylation is 1. The Hall–Kier alpha value is -1.61. The Morgan fingerprint density at radius 2 is 1.81 bits per heavy atom. The summed E-state index contributed by atoms with van der Waals surface area (Å²) in [5.74, 6) is 1.58. The van der Waals surface area contributed by atoms with Gasteiger partial charge in [-0.2, -0.15) is 5.10 Å². The van der Waals surface area contributed by atoms with Gasteiger partial charge in [-0.25, -0.2) is 0 Å². The van der Waals surface area contributed by atoms with Gasteiger partial charge in [-0.3, -0.25) is 0 Å². The zero-order chi connectivity index (χ0) is 11.4. The third-order valence-corrected chi connectivity index (χ3v) is 2.35. The number of hydrogen-bond acceptors (Lipinski definition) is 3. The van der Waals surface area contributed by atoms with Crippen molar-refractivity contribution in [1.82, 2.24) is 10.2 Å². The first-order chi connectivity index (χ1) is 7.78. The van der Waals surface area contributed by atoms with Crippen LogP contribution in [0.2, 0.25) is 0 Å². The van der Waals surface area contributed by atoms with E-state index in [0.29, 0.717) is 11.8 Å². The predicted octanol–water partition coefficient (Wildman–Crippen LogP) is 3.32. The standard InChI is InChI=1S/C12H11ClN2O/c1-9-2-5-11(6-3-9)16-12-7-4-10(8-13)14-15-12/h2-7H,8H2,1H3. The van der Waals surface area contributed by atoms with Crippen molar-refractivity contribution in [2.75, 3.05) is 0 Å². The Labute approximate surface area is 99.0 Å². The van der Waals surface area contributed by atoms with Crippen LogP contribution in [0.3, 0.4) is 0 Å². The molecule has 2 rings (SSSR count). The van der Waals surface area contributed by atoms with E-state index in [1.165, 1.54) is 5.56 Å². The number of rotatable bonds is 3. The van der Waals surface area contributed by atoms with E-state index in [1.54, 1.807) is 12.1 Å². The van der Waals surface area contributed by atoms with Gasteiger partial charge in [0.1, 0.15) is 5.75 Å². The molecule has 0 radical (unpaired) electrons. The van der Waals surface area contributed by atoms with E-state index in [4.69, 9.17) is 16.3 Å². The fraction of sp³-hybridized carbons (Fsp3) is 0.167. The molecule has 0 amide bonds. The van der Waals surface area contributed by atoms with Crippen LogP contribution < -0.4 is 4.74 Å². The maximum absolute atomic E-state index is 5.61. The lowest BCUT2D eigenvalue weighted by molar-refractivity contribution is 0.454. The summed E-state index contributed by atoms with van der Waals surface area (Å²) in [6.45, 7) is 2.03. The van der Waals surface area contributed by atoms with Crippen molar-refractivity contribution < 1.29 is 4.74 Å². The Kier molecular flexibility index (Phi) is 3.37. The molecule has 16 heavy (non-hydrogen) atoms. The van der Waals surface area contributed by atoms with E-state index in [9.17, 15) is 0 Å². The van der Waals surface area contributed by atoms with Gasteiger partial charge in [0.05, 0.1) is 11.6 Å². The van der Waals surface area contributed by atoms with E-state index in [-0.39, 0.29) is 0 Å². The smallest absolute Gasteiger partial charge is 0.238 e. The molecule has 0 unspecified atom stereocenters. The third kappa shape index (κ3) is 2.70. The van der Waals surface area contributed by atoms with Crippen LogP contribution in [-0.2, 0) is 5.88 Å². The van der Waals surface area contributed by atoms with E-state index < -0.39 is 0 Å². The highest BCUT2D eigenvalue weighted by molar-refractivity contribution is 6.16. The van der Waals surface area contributed by atoms with Gasteiger partial charge in [0.2, 0.25) is 5.88 Å². The lowest BCUT2D eigenvalue weighted by atomic mass is 10.2. The molecule has 4 heteroatoms. The summed E-state index contributed by atoms with van der Waals surface area (Å²) in [6.07, 6.45) is 0. The van der Waals surface area contributed by atoms with Gasteiger partial charge < -0.3 is 4.74 Å². The van der Waals surface area contributed by atoms with E-state index >= 15 is 0 Å². The molecule has 0 bridgehead atoms. The fourth-order valence-electron chi connectivity index (χ4n) is 1.20. The van der Waals surface area contributed by atoms with Crippen LogP contribution in [0.5, 0.6) is 11.6 Å². The summed E-state index contributed by atoms with van der Waals surface area (Å²) < 4.78 is 5.52. The van der Waals surface area contributed by atoms with Crippen LogP contribution >= 0.6 is 11.6 Å². The summed E-state index contributed by atoms with van der Waals surface area (Å²) in [5.41, 5.74) is 1.92. The second kappa shape index (κ2) is 4.94. The molecule has 0 aliphatic rings. The molecule has 0 saturated heterocycles. The third-order valence-electron chi connectivity index (χ3n) is 2.08. The summed E-state index contributed by atoms with van der Waals surface area (Å²) in [5, 5.41) is 7.81. The molecule has 0 aliphatic carbocycles. The average molecular weight is 235 g/mol. The van der Waals surface area contributed by atoms with E-state index in [2.05, 4.69) is 10.2 Å². The van der Waals surface area contributed by atoms with Crippen molar-refractivity contribution in [3.05, 3.63) is 47.7 Å². The first-order valence-electron chi connectivity index (χ1n) is 4.91. The largest absolute Gasteiger partial charge is 0.438 e. The zero-order valence-electron chi connectivity index (χ0n) is 8.85. The van der Waals surface area contributed by atoms with Crippen LogP contribution in [0.4, 0.5) is 0 Å². The van der Waals surface area contributed by atoms with Crippen molar-refractivity contribution in [2.24, 2.45) is 0 Å². The van der Waals surface area contributed by atoms with Gasteiger partial charge in [-0.1, -0.05) is 17.7 Å². The number of nitrogens with zero attached hydrogens (tertiary/aromatic N) is 2. The topological polar surface area (TPSA) is 35.0 Å². The molecule has 0 saturated carbocycles. The maximum Gasteiger partial charge on any atom is 0.238 e. The van der Waals surface area contributed by atoms with Crippen LogP contribution in [0, 0.1) is 6.92 Å². The summed E-state index contributed by atoms with van der Waals surface area (Å²) in [4.78, 5) is 0. The number of benzene rings is 1. The molecule has 1 heterocycles. The Morgan fingerprint density at radius 1 is 1.06 bits per heavy atom. The van der Waals surface area contributed by atoms with E-state index in [1.807, 2.05) is 31.2 Å². The van der Waals surface area contributed by atoms with Crippen LogP contribution in [0.1, 0.15) is 11.3 Å². The summed E-state index contributed by atoms with van der Waals surface area (Å²) in [6, 6.07) is 11.3. The minimum absolute atomic E-state index is 0.359. The predicted molar refractivity (Wildman–Crippen MR) is 62.8 cm³/mol. The molecule has 0 atom stereocenters. The van der Waals surface area contributed by atoms with Crippen LogP contribution in [-0.4, -0.2) is 10.2 Å². The SMILES string of the molecule is Cc1ccc(Oc2ccc(CCl)nn2)cc1. The fourth-order valence-corrected chi connectivity index (χ4v) is 1.34. The highest BCUT2D eigenvalue weighted by Crippen LogP contribution is 2.19. The van der Waals surface area contributed by atoms with Gasteiger partial charge in [0, 0.05) is 6.07 Å². The first-order valence-corrected chi connectivity index (χ1v) is 5.44. The average Bonchev–Trinajstić information content (AvgIpc) is 2.33. The normalized spacial score (nSPS) is 10.1. The zero-order valence-corrected chi connectivity index (χ0v) is 9.61. The molecule has 0 spiro atoms. The van der Waals surface area contributed by atoms with Gasteiger partial charge >= 0.3 is 0 Å².